The van der Waals surface area contributed by atoms with Crippen LogP contribution in [0.3, 0.4) is 0 Å². The van der Waals surface area contributed by atoms with E-state index in [1.165, 1.54) is 6.42 Å². The van der Waals surface area contributed by atoms with Crippen molar-refractivity contribution in [3.05, 3.63) is 0 Å². The first-order chi connectivity index (χ1) is 4.92. The van der Waals surface area contributed by atoms with Gasteiger partial charge in [-0.25, -0.2) is 0 Å². The number of hydrogen-bond acceptors (Lipinski definition) is 1. The van der Waals surface area contributed by atoms with Crippen LogP contribution in [0.25, 0.3) is 0 Å². The summed E-state index contributed by atoms with van der Waals surface area (Å²) in [6, 6.07) is 0. The fraction of sp³-hybridized carbons (Fsp3) is 1.00. The van der Waals surface area contributed by atoms with Crippen molar-refractivity contribution in [2.45, 2.75) is 41.0 Å². The van der Waals surface area contributed by atoms with Crippen molar-refractivity contribution >= 4 is 0 Å². The van der Waals surface area contributed by atoms with Crippen molar-refractivity contribution in [1.82, 2.24) is 5.32 Å². The van der Waals surface area contributed by atoms with E-state index in [-0.39, 0.29) is 0 Å². The van der Waals surface area contributed by atoms with E-state index in [9.17, 15) is 0 Å². The van der Waals surface area contributed by atoms with Crippen LogP contribution in [0.2, 0.25) is 0 Å². The molecule has 0 aromatic carbocycles. The third-order valence-electron chi connectivity index (χ3n) is 1.60. The molecule has 0 bridgehead atoms. The summed E-state index contributed by atoms with van der Waals surface area (Å²) >= 11 is 0. The van der Waals surface area contributed by atoms with Crippen LogP contribution in [-0.4, -0.2) is 13.1 Å². The SMILES string of the molecule is CC(C)CNCCC(C)(C)C. The average Bonchev–Trinajstić information content (AvgIpc) is 1.78. The van der Waals surface area contributed by atoms with Crippen LogP contribution in [-0.2, 0) is 0 Å². The highest BCUT2D eigenvalue weighted by Crippen LogP contribution is 2.16. The minimum absolute atomic E-state index is 0.476. The van der Waals surface area contributed by atoms with Crippen molar-refractivity contribution in [3.8, 4) is 0 Å². The summed E-state index contributed by atoms with van der Waals surface area (Å²) in [6.45, 7) is 13.6. The van der Waals surface area contributed by atoms with Gasteiger partial charge in [-0.15, -0.1) is 0 Å². The summed E-state index contributed by atoms with van der Waals surface area (Å²) < 4.78 is 0. The first kappa shape index (κ1) is 11.0. The van der Waals surface area contributed by atoms with Crippen molar-refractivity contribution < 1.29 is 0 Å². The Balaban J connectivity index is 3.15. The van der Waals surface area contributed by atoms with Gasteiger partial charge in [-0.3, -0.25) is 0 Å². The van der Waals surface area contributed by atoms with E-state index in [0.29, 0.717) is 5.41 Å². The van der Waals surface area contributed by atoms with Gasteiger partial charge in [-0.05, 0) is 30.8 Å². The third kappa shape index (κ3) is 9.96. The molecule has 11 heavy (non-hydrogen) atoms. The zero-order valence-corrected chi connectivity index (χ0v) is 8.70. The van der Waals surface area contributed by atoms with Gasteiger partial charge in [0.25, 0.3) is 0 Å². The molecule has 1 heteroatoms. The van der Waals surface area contributed by atoms with E-state index in [0.717, 1.165) is 19.0 Å². The molecule has 1 nitrogen and oxygen atoms in total. The quantitative estimate of drug-likeness (QED) is 0.619. The standard InChI is InChI=1S/C10H23N/c1-9(2)8-11-7-6-10(3,4)5/h9,11H,6-8H2,1-5H3. The molecule has 0 heterocycles. The van der Waals surface area contributed by atoms with Gasteiger partial charge in [0.15, 0.2) is 0 Å². The Kier molecular flexibility index (Phi) is 4.74. The molecule has 0 amide bonds. The molecule has 0 aromatic heterocycles. The Labute approximate surface area is 71.6 Å². The highest BCUT2D eigenvalue weighted by atomic mass is 14.8. The highest BCUT2D eigenvalue weighted by molar-refractivity contribution is 4.63. The minimum atomic E-state index is 0.476. The summed E-state index contributed by atoms with van der Waals surface area (Å²) in [5.41, 5.74) is 0.476. The number of nitrogens with one attached hydrogen (secondary N) is 1. The number of hydrogen-bond donors (Lipinski definition) is 1. The van der Waals surface area contributed by atoms with Gasteiger partial charge in [-0.2, -0.15) is 0 Å². The fourth-order valence-corrected chi connectivity index (χ4v) is 0.854. The van der Waals surface area contributed by atoms with Crippen LogP contribution in [0.4, 0.5) is 0 Å². The topological polar surface area (TPSA) is 12.0 Å². The highest BCUT2D eigenvalue weighted by Gasteiger charge is 2.08. The molecular weight excluding hydrogens is 134 g/mol. The molecule has 0 saturated heterocycles. The third-order valence-corrected chi connectivity index (χ3v) is 1.60. The van der Waals surface area contributed by atoms with Crippen molar-refractivity contribution in [2.24, 2.45) is 11.3 Å². The zero-order chi connectivity index (χ0) is 8.91. The van der Waals surface area contributed by atoms with E-state index in [4.69, 9.17) is 0 Å². The Morgan fingerprint density at radius 2 is 1.73 bits per heavy atom. The molecule has 68 valence electrons. The van der Waals surface area contributed by atoms with Crippen molar-refractivity contribution in [1.29, 1.82) is 0 Å². The summed E-state index contributed by atoms with van der Waals surface area (Å²) in [4.78, 5) is 0. The van der Waals surface area contributed by atoms with E-state index in [1.54, 1.807) is 0 Å². The number of rotatable bonds is 4. The van der Waals surface area contributed by atoms with Gasteiger partial charge in [0.05, 0.1) is 0 Å². The van der Waals surface area contributed by atoms with Crippen LogP contribution in [0.1, 0.15) is 41.0 Å². The normalized spacial score (nSPS) is 12.5. The zero-order valence-electron chi connectivity index (χ0n) is 8.70. The second kappa shape index (κ2) is 4.76. The van der Waals surface area contributed by atoms with Crippen LogP contribution in [0.5, 0.6) is 0 Å². The first-order valence-electron chi connectivity index (χ1n) is 4.62. The Morgan fingerprint density at radius 3 is 2.09 bits per heavy atom. The van der Waals surface area contributed by atoms with Gasteiger partial charge in [0, 0.05) is 0 Å². The summed E-state index contributed by atoms with van der Waals surface area (Å²) in [6.07, 6.45) is 1.26. The van der Waals surface area contributed by atoms with Gasteiger partial charge >= 0.3 is 0 Å². The van der Waals surface area contributed by atoms with Crippen molar-refractivity contribution in [2.75, 3.05) is 13.1 Å². The maximum atomic E-state index is 3.44. The van der Waals surface area contributed by atoms with Gasteiger partial charge in [0.2, 0.25) is 0 Å². The Bertz CT molecular complexity index is 89.5. The smallest absolute Gasteiger partial charge is 0.00258 e. The lowest BCUT2D eigenvalue weighted by Gasteiger charge is -2.18. The maximum absolute atomic E-state index is 3.44. The lowest BCUT2D eigenvalue weighted by molar-refractivity contribution is 0.362. The summed E-state index contributed by atoms with van der Waals surface area (Å²) in [7, 11) is 0. The van der Waals surface area contributed by atoms with Gasteiger partial charge in [-0.1, -0.05) is 34.6 Å². The molecule has 0 radical (unpaired) electrons. The summed E-state index contributed by atoms with van der Waals surface area (Å²) in [5, 5.41) is 3.44. The molecule has 0 aliphatic rings. The lowest BCUT2D eigenvalue weighted by atomic mass is 9.92. The Hall–Kier alpha value is -0.0400. The average molecular weight is 157 g/mol. The summed E-state index contributed by atoms with van der Waals surface area (Å²) in [5.74, 6) is 0.773. The van der Waals surface area contributed by atoms with E-state index in [2.05, 4.69) is 39.9 Å². The van der Waals surface area contributed by atoms with E-state index >= 15 is 0 Å². The molecule has 0 saturated carbocycles. The van der Waals surface area contributed by atoms with Crippen LogP contribution in [0, 0.1) is 11.3 Å². The van der Waals surface area contributed by atoms with Gasteiger partial charge in [0.1, 0.15) is 0 Å². The van der Waals surface area contributed by atoms with Crippen LogP contribution >= 0.6 is 0 Å². The maximum Gasteiger partial charge on any atom is -0.00258 e. The van der Waals surface area contributed by atoms with E-state index < -0.39 is 0 Å². The predicted molar refractivity (Wildman–Crippen MR) is 51.8 cm³/mol. The molecule has 0 aromatic rings. The molecule has 0 atom stereocenters. The molecule has 1 N–H and O–H groups in total. The molecule has 0 aliphatic carbocycles. The molecular formula is C10H23N. The molecule has 0 aliphatic heterocycles. The van der Waals surface area contributed by atoms with Gasteiger partial charge < -0.3 is 5.32 Å². The van der Waals surface area contributed by atoms with E-state index in [1.807, 2.05) is 0 Å². The fourth-order valence-electron chi connectivity index (χ4n) is 0.854. The second-order valence-electron chi connectivity index (χ2n) is 4.91. The molecule has 0 unspecified atom stereocenters. The molecule has 0 rings (SSSR count). The van der Waals surface area contributed by atoms with Crippen LogP contribution in [0.15, 0.2) is 0 Å². The van der Waals surface area contributed by atoms with Crippen LogP contribution < -0.4 is 5.32 Å². The van der Waals surface area contributed by atoms with Crippen molar-refractivity contribution in [3.63, 3.8) is 0 Å². The second-order valence-corrected chi connectivity index (χ2v) is 4.91. The first-order valence-corrected chi connectivity index (χ1v) is 4.62. The lowest BCUT2D eigenvalue weighted by Crippen LogP contribution is -2.24. The minimum Gasteiger partial charge on any atom is -0.316 e. The largest absolute Gasteiger partial charge is 0.316 e. The molecule has 0 fully saturated rings. The Morgan fingerprint density at radius 1 is 1.18 bits per heavy atom. The molecule has 0 spiro atoms. The predicted octanol–water partition coefficient (Wildman–Crippen LogP) is 2.67. The monoisotopic (exact) mass is 157 g/mol.